The number of thioether (sulfide) groups is 1. The van der Waals surface area contributed by atoms with E-state index in [-0.39, 0.29) is 28.6 Å². The number of methoxy groups -OCH3 is 1. The Balaban J connectivity index is 1.63. The van der Waals surface area contributed by atoms with Crippen LogP contribution in [0.5, 0.6) is 5.75 Å². The van der Waals surface area contributed by atoms with Crippen molar-refractivity contribution in [3.63, 3.8) is 0 Å². The summed E-state index contributed by atoms with van der Waals surface area (Å²) in [5.41, 5.74) is 1.43. The zero-order valence-corrected chi connectivity index (χ0v) is 19.5. The van der Waals surface area contributed by atoms with Crippen LogP contribution >= 0.6 is 11.8 Å². The molecule has 0 aromatic heterocycles. The minimum atomic E-state index is -3.77. The maximum atomic E-state index is 13.4. The largest absolute Gasteiger partial charge is 0.495 e. The topological polar surface area (TPSA) is 75.7 Å². The second-order valence-corrected chi connectivity index (χ2v) is 11.0. The zero-order chi connectivity index (χ0) is 22.0. The number of ether oxygens (including phenoxy) is 1. The number of fused-ring (bicyclic) bond motifs is 1. The normalized spacial score (nSPS) is 21.9. The van der Waals surface area contributed by atoms with Gasteiger partial charge in [0.25, 0.3) is 5.91 Å². The molecule has 2 aromatic rings. The molecule has 2 atom stereocenters. The molecule has 0 aliphatic carbocycles. The van der Waals surface area contributed by atoms with Gasteiger partial charge in [-0.05, 0) is 56.0 Å². The van der Waals surface area contributed by atoms with Gasteiger partial charge in [-0.15, -0.1) is 11.8 Å². The predicted molar refractivity (Wildman–Crippen MR) is 122 cm³/mol. The Hall–Kier alpha value is -2.03. The summed E-state index contributed by atoms with van der Waals surface area (Å²) in [4.78, 5) is 14.3. The lowest BCUT2D eigenvalue weighted by molar-refractivity contribution is 0.0934. The third-order valence-electron chi connectivity index (χ3n) is 6.02. The number of piperidine rings is 1. The highest BCUT2D eigenvalue weighted by molar-refractivity contribution is 7.99. The maximum absolute atomic E-state index is 13.4. The molecule has 6 nitrogen and oxygen atoms in total. The van der Waals surface area contributed by atoms with Gasteiger partial charge in [-0.25, -0.2) is 8.42 Å². The first-order valence-corrected chi connectivity index (χ1v) is 13.1. The Labute approximate surface area is 188 Å². The number of nitrogens with one attached hydrogen (secondary N) is 1. The molecule has 0 unspecified atom stereocenters. The molecule has 1 N–H and O–H groups in total. The van der Waals surface area contributed by atoms with Crippen LogP contribution in [0.25, 0.3) is 0 Å². The van der Waals surface area contributed by atoms with Crippen molar-refractivity contribution < 1.29 is 17.9 Å². The number of amides is 1. The summed E-state index contributed by atoms with van der Waals surface area (Å²) in [5.74, 6) is 0.906. The van der Waals surface area contributed by atoms with E-state index in [1.807, 2.05) is 25.1 Å². The third kappa shape index (κ3) is 4.47. The van der Waals surface area contributed by atoms with E-state index in [4.69, 9.17) is 4.74 Å². The van der Waals surface area contributed by atoms with Gasteiger partial charge >= 0.3 is 0 Å². The molecule has 1 saturated heterocycles. The summed E-state index contributed by atoms with van der Waals surface area (Å²) in [5, 5.41) is 3.09. The number of carbonyl (C=O) groups excluding carboxylic acids is 1. The molecule has 0 bridgehead atoms. The van der Waals surface area contributed by atoms with Gasteiger partial charge in [-0.1, -0.05) is 24.6 Å². The van der Waals surface area contributed by atoms with Crippen LogP contribution in [-0.2, 0) is 10.0 Å². The number of hydrogen-bond donors (Lipinski definition) is 1. The van der Waals surface area contributed by atoms with Gasteiger partial charge < -0.3 is 10.1 Å². The second kappa shape index (κ2) is 9.22. The van der Waals surface area contributed by atoms with Gasteiger partial charge in [-0.3, -0.25) is 4.79 Å². The number of rotatable bonds is 5. The van der Waals surface area contributed by atoms with Crippen molar-refractivity contribution in [1.29, 1.82) is 0 Å². The Morgan fingerprint density at radius 1 is 1.16 bits per heavy atom. The number of hydrogen-bond acceptors (Lipinski definition) is 5. The van der Waals surface area contributed by atoms with Crippen molar-refractivity contribution in [3.05, 3.63) is 53.6 Å². The SMILES string of the molecule is COc1ccc(C(=O)N[C@H]2CCSc3ccccc32)cc1S(=O)(=O)N1CCCC[C@H]1C. The fourth-order valence-corrected chi connectivity index (χ4v) is 7.32. The first-order chi connectivity index (χ1) is 14.9. The van der Waals surface area contributed by atoms with E-state index in [0.717, 1.165) is 37.0 Å². The lowest BCUT2D eigenvalue weighted by atomic mass is 10.0. The lowest BCUT2D eigenvalue weighted by Crippen LogP contribution is -2.42. The Morgan fingerprint density at radius 3 is 2.74 bits per heavy atom. The second-order valence-electron chi connectivity index (χ2n) is 8.03. The van der Waals surface area contributed by atoms with E-state index >= 15 is 0 Å². The maximum Gasteiger partial charge on any atom is 0.251 e. The third-order valence-corrected chi connectivity index (χ3v) is 9.18. The van der Waals surface area contributed by atoms with Crippen LogP contribution in [0.1, 0.15) is 54.6 Å². The van der Waals surface area contributed by atoms with E-state index < -0.39 is 10.0 Å². The van der Waals surface area contributed by atoms with Crippen LogP contribution in [0.4, 0.5) is 0 Å². The highest BCUT2D eigenvalue weighted by atomic mass is 32.2. The van der Waals surface area contributed by atoms with Gasteiger partial charge in [0.1, 0.15) is 10.6 Å². The minimum absolute atomic E-state index is 0.0519. The highest BCUT2D eigenvalue weighted by Crippen LogP contribution is 2.36. The molecule has 166 valence electrons. The number of nitrogens with zero attached hydrogens (tertiary/aromatic N) is 1. The van der Waals surface area contributed by atoms with E-state index in [1.54, 1.807) is 23.9 Å². The molecule has 31 heavy (non-hydrogen) atoms. The molecule has 2 aliphatic heterocycles. The van der Waals surface area contributed by atoms with E-state index in [1.165, 1.54) is 22.4 Å². The summed E-state index contributed by atoms with van der Waals surface area (Å²) in [6, 6.07) is 12.6. The van der Waals surface area contributed by atoms with Gasteiger partial charge in [0.15, 0.2) is 0 Å². The van der Waals surface area contributed by atoms with Gasteiger partial charge in [0.2, 0.25) is 10.0 Å². The monoisotopic (exact) mass is 460 g/mol. The van der Waals surface area contributed by atoms with Crippen LogP contribution in [0, 0.1) is 0 Å². The van der Waals surface area contributed by atoms with E-state index in [9.17, 15) is 13.2 Å². The van der Waals surface area contributed by atoms with E-state index in [0.29, 0.717) is 12.1 Å². The predicted octanol–water partition coefficient (Wildman–Crippen LogP) is 4.23. The Kier molecular flexibility index (Phi) is 6.60. The van der Waals surface area contributed by atoms with Gasteiger partial charge in [-0.2, -0.15) is 4.31 Å². The lowest BCUT2D eigenvalue weighted by Gasteiger charge is -2.32. The summed E-state index contributed by atoms with van der Waals surface area (Å²) < 4.78 is 33.7. The van der Waals surface area contributed by atoms with Crippen molar-refractivity contribution in [1.82, 2.24) is 9.62 Å². The summed E-state index contributed by atoms with van der Waals surface area (Å²) >= 11 is 1.79. The number of carbonyl (C=O) groups is 1. The van der Waals surface area contributed by atoms with Crippen molar-refractivity contribution in [2.45, 2.75) is 54.5 Å². The van der Waals surface area contributed by atoms with E-state index in [2.05, 4.69) is 11.4 Å². The molecule has 0 radical (unpaired) electrons. The Morgan fingerprint density at radius 2 is 1.97 bits per heavy atom. The number of sulfonamides is 1. The molecule has 1 amide bonds. The highest BCUT2D eigenvalue weighted by Gasteiger charge is 2.34. The summed E-state index contributed by atoms with van der Waals surface area (Å²) in [6.45, 7) is 2.41. The van der Waals surface area contributed by atoms with Gasteiger partial charge in [0, 0.05) is 28.8 Å². The first-order valence-electron chi connectivity index (χ1n) is 10.6. The fourth-order valence-electron chi connectivity index (χ4n) is 4.31. The molecule has 8 heteroatoms. The molecule has 2 aliphatic rings. The zero-order valence-electron chi connectivity index (χ0n) is 17.8. The van der Waals surface area contributed by atoms with Crippen LogP contribution in [0.2, 0.25) is 0 Å². The summed E-state index contributed by atoms with van der Waals surface area (Å²) in [6.07, 6.45) is 3.53. The van der Waals surface area contributed by atoms with Crippen LogP contribution in [0.15, 0.2) is 52.3 Å². The summed E-state index contributed by atoms with van der Waals surface area (Å²) in [7, 11) is -2.32. The van der Waals surface area contributed by atoms with Crippen LogP contribution in [-0.4, -0.2) is 44.1 Å². The van der Waals surface area contributed by atoms with Crippen molar-refractivity contribution >= 4 is 27.7 Å². The fraction of sp³-hybridized carbons (Fsp3) is 0.435. The molecule has 1 fully saturated rings. The van der Waals surface area contributed by atoms with Crippen LogP contribution < -0.4 is 10.1 Å². The number of benzene rings is 2. The quantitative estimate of drug-likeness (QED) is 0.723. The standard InChI is InChI=1S/C23H28N2O4S2/c1-16-7-5-6-13-25(16)31(27,28)22-15-17(10-11-20(22)29-2)23(26)24-19-12-14-30-21-9-4-3-8-18(19)21/h3-4,8-11,15-16,19H,5-7,12-14H2,1-2H3,(H,24,26)/t16-,19+/m1/s1. The molecule has 4 rings (SSSR count). The molecule has 0 spiro atoms. The minimum Gasteiger partial charge on any atom is -0.495 e. The molecule has 2 aromatic carbocycles. The average Bonchev–Trinajstić information content (AvgIpc) is 2.79. The van der Waals surface area contributed by atoms with Crippen LogP contribution in [0.3, 0.4) is 0 Å². The smallest absolute Gasteiger partial charge is 0.251 e. The van der Waals surface area contributed by atoms with Crippen molar-refractivity contribution in [3.8, 4) is 5.75 Å². The first kappa shape index (κ1) is 22.2. The van der Waals surface area contributed by atoms with Gasteiger partial charge in [0.05, 0.1) is 13.2 Å². The molecule has 2 heterocycles. The molecular weight excluding hydrogens is 432 g/mol. The molecule has 0 saturated carbocycles. The van der Waals surface area contributed by atoms with Crippen molar-refractivity contribution in [2.24, 2.45) is 0 Å². The molecular formula is C23H28N2O4S2. The van der Waals surface area contributed by atoms with Crippen molar-refractivity contribution in [2.75, 3.05) is 19.4 Å². The average molecular weight is 461 g/mol. The Bertz CT molecular complexity index is 1070.